The number of anilines is 1. The summed E-state index contributed by atoms with van der Waals surface area (Å²) in [7, 11) is 1.83. The van der Waals surface area contributed by atoms with Crippen LogP contribution in [0.25, 0.3) is 0 Å². The summed E-state index contributed by atoms with van der Waals surface area (Å²) in [5.74, 6) is 1.25. The predicted octanol–water partition coefficient (Wildman–Crippen LogP) is 3.60. The van der Waals surface area contributed by atoms with Gasteiger partial charge in [-0.1, -0.05) is 36.4 Å². The van der Waals surface area contributed by atoms with Gasteiger partial charge in [0.25, 0.3) is 0 Å². The number of nitrogens with one attached hydrogen (secondary N) is 1. The highest BCUT2D eigenvalue weighted by Crippen LogP contribution is 2.27. The Balaban J connectivity index is 0.00000306. The Bertz CT molecular complexity index is 897. The minimum absolute atomic E-state index is 0. The molecule has 0 spiro atoms. The Hall–Kier alpha value is -2.04. The Kier molecular flexibility index (Phi) is 10.1. The normalized spacial score (nSPS) is 17.5. The van der Waals surface area contributed by atoms with E-state index in [1.807, 2.05) is 25.2 Å². The van der Waals surface area contributed by atoms with Gasteiger partial charge in [0, 0.05) is 53.0 Å². The largest absolute Gasteiger partial charge is 0.506 e. The van der Waals surface area contributed by atoms with Crippen LogP contribution in [-0.2, 0) is 22.6 Å². The van der Waals surface area contributed by atoms with E-state index >= 15 is 0 Å². The van der Waals surface area contributed by atoms with Crippen molar-refractivity contribution >= 4 is 35.6 Å². The van der Waals surface area contributed by atoms with Crippen LogP contribution in [0.1, 0.15) is 24.0 Å². The number of aliphatic imine (C=N–C) groups is 1. The summed E-state index contributed by atoms with van der Waals surface area (Å²) in [6, 6.07) is 16.1. The zero-order valence-electron chi connectivity index (χ0n) is 19.3. The molecule has 0 unspecified atom stereocenters. The first kappa shape index (κ1) is 25.6. The molecule has 0 aromatic heterocycles. The molecule has 0 amide bonds. The van der Waals surface area contributed by atoms with Crippen molar-refractivity contribution in [1.82, 2.24) is 10.2 Å². The lowest BCUT2D eigenvalue weighted by Gasteiger charge is -2.37. The maximum atomic E-state index is 10.1. The molecule has 0 radical (unpaired) electrons. The zero-order chi connectivity index (χ0) is 22.2. The van der Waals surface area contributed by atoms with Crippen molar-refractivity contribution in [2.75, 3.05) is 51.3 Å². The van der Waals surface area contributed by atoms with Crippen molar-refractivity contribution in [3.05, 3.63) is 59.7 Å². The number of guanidine groups is 1. The summed E-state index contributed by atoms with van der Waals surface area (Å²) in [5, 5.41) is 13.6. The Morgan fingerprint density at radius 3 is 2.52 bits per heavy atom. The van der Waals surface area contributed by atoms with Crippen molar-refractivity contribution in [1.29, 1.82) is 0 Å². The van der Waals surface area contributed by atoms with Crippen molar-refractivity contribution in [3.8, 4) is 5.75 Å². The molecule has 7 nitrogen and oxygen atoms in total. The van der Waals surface area contributed by atoms with Gasteiger partial charge >= 0.3 is 0 Å². The molecule has 2 aliphatic rings. The number of para-hydroxylation sites is 2. The third-order valence-electron chi connectivity index (χ3n) is 6.11. The van der Waals surface area contributed by atoms with Gasteiger partial charge in [-0.2, -0.15) is 0 Å². The van der Waals surface area contributed by atoms with Crippen LogP contribution in [0.15, 0.2) is 53.5 Å². The molecule has 8 heteroatoms. The van der Waals surface area contributed by atoms with Crippen molar-refractivity contribution in [3.63, 3.8) is 0 Å². The molecule has 33 heavy (non-hydrogen) atoms. The van der Waals surface area contributed by atoms with E-state index in [0.29, 0.717) is 18.5 Å². The summed E-state index contributed by atoms with van der Waals surface area (Å²) >= 11 is 0. The van der Waals surface area contributed by atoms with Crippen LogP contribution >= 0.6 is 24.0 Å². The second-order valence-corrected chi connectivity index (χ2v) is 8.31. The lowest BCUT2D eigenvalue weighted by molar-refractivity contribution is -0.0390. The molecule has 180 valence electrons. The van der Waals surface area contributed by atoms with Gasteiger partial charge in [0.15, 0.2) is 5.96 Å². The van der Waals surface area contributed by atoms with Gasteiger partial charge < -0.3 is 29.7 Å². The number of halogens is 1. The molecule has 2 aromatic carbocycles. The third kappa shape index (κ3) is 7.22. The first-order valence-corrected chi connectivity index (χ1v) is 11.5. The molecule has 2 heterocycles. The Morgan fingerprint density at radius 1 is 1.06 bits per heavy atom. The maximum absolute atomic E-state index is 10.1. The standard InChI is InChI=1S/C25H34N4O3.HI/c1-26-25(29-13-11-28(12-14-29)23-7-2-3-8-24(23)30)27-18-20-5-4-6-21(17-20)19-32-22-9-15-31-16-10-22;/h2-8,17,22,30H,9-16,18-19H2,1H3,(H,26,27);1H. The minimum atomic E-state index is 0. The van der Waals surface area contributed by atoms with E-state index in [-0.39, 0.29) is 24.0 Å². The molecule has 2 N–H and O–H groups in total. The highest BCUT2D eigenvalue weighted by molar-refractivity contribution is 14.0. The van der Waals surface area contributed by atoms with Gasteiger partial charge in [-0.3, -0.25) is 4.99 Å². The average molecular weight is 566 g/mol. The molecule has 0 saturated carbocycles. The van der Waals surface area contributed by atoms with Crippen LogP contribution in [0.4, 0.5) is 5.69 Å². The smallest absolute Gasteiger partial charge is 0.194 e. The molecule has 2 aliphatic heterocycles. The number of benzene rings is 2. The third-order valence-corrected chi connectivity index (χ3v) is 6.11. The summed E-state index contributed by atoms with van der Waals surface area (Å²) in [4.78, 5) is 8.98. The van der Waals surface area contributed by atoms with Crippen molar-refractivity contribution < 1.29 is 14.6 Å². The van der Waals surface area contributed by atoms with E-state index in [1.54, 1.807) is 6.07 Å². The van der Waals surface area contributed by atoms with E-state index in [1.165, 1.54) is 11.1 Å². The second kappa shape index (κ2) is 13.0. The quantitative estimate of drug-likeness (QED) is 0.317. The van der Waals surface area contributed by atoms with E-state index in [9.17, 15) is 5.11 Å². The number of phenols is 1. The minimum Gasteiger partial charge on any atom is -0.506 e. The molecular weight excluding hydrogens is 531 g/mol. The maximum Gasteiger partial charge on any atom is 0.194 e. The fourth-order valence-corrected chi connectivity index (χ4v) is 4.29. The average Bonchev–Trinajstić information content (AvgIpc) is 2.85. The van der Waals surface area contributed by atoms with Gasteiger partial charge in [0.2, 0.25) is 0 Å². The lowest BCUT2D eigenvalue weighted by Crippen LogP contribution is -2.52. The van der Waals surface area contributed by atoms with Crippen LogP contribution in [0.3, 0.4) is 0 Å². The zero-order valence-corrected chi connectivity index (χ0v) is 21.6. The number of phenolic OH excluding ortho intramolecular Hbond substituents is 1. The van der Waals surface area contributed by atoms with Crippen LogP contribution in [-0.4, -0.2) is 68.5 Å². The van der Waals surface area contributed by atoms with Gasteiger partial charge in [-0.05, 0) is 36.1 Å². The first-order valence-electron chi connectivity index (χ1n) is 11.5. The second-order valence-electron chi connectivity index (χ2n) is 8.31. The summed E-state index contributed by atoms with van der Waals surface area (Å²) < 4.78 is 11.5. The topological polar surface area (TPSA) is 69.6 Å². The predicted molar refractivity (Wildman–Crippen MR) is 143 cm³/mol. The number of ether oxygens (including phenoxy) is 2. The molecule has 2 fully saturated rings. The van der Waals surface area contributed by atoms with Crippen LogP contribution in [0.2, 0.25) is 0 Å². The van der Waals surface area contributed by atoms with Crippen molar-refractivity contribution in [2.45, 2.75) is 32.1 Å². The number of rotatable bonds is 6. The SMILES string of the molecule is CN=C(NCc1cccc(COC2CCOCC2)c1)N1CCN(c2ccccc2O)CC1.I. The Morgan fingerprint density at radius 2 is 1.79 bits per heavy atom. The highest BCUT2D eigenvalue weighted by Gasteiger charge is 2.21. The highest BCUT2D eigenvalue weighted by atomic mass is 127. The number of nitrogens with zero attached hydrogens (tertiary/aromatic N) is 3. The fourth-order valence-electron chi connectivity index (χ4n) is 4.29. The van der Waals surface area contributed by atoms with Crippen molar-refractivity contribution in [2.24, 2.45) is 4.99 Å². The van der Waals surface area contributed by atoms with Gasteiger partial charge in [0.05, 0.1) is 18.4 Å². The van der Waals surface area contributed by atoms with Crippen LogP contribution in [0.5, 0.6) is 5.75 Å². The van der Waals surface area contributed by atoms with Crippen LogP contribution in [0, 0.1) is 0 Å². The molecule has 4 rings (SSSR count). The molecular formula is C25H35IN4O3. The first-order chi connectivity index (χ1) is 15.7. The summed E-state index contributed by atoms with van der Waals surface area (Å²) in [6.45, 7) is 6.36. The Labute approximate surface area is 213 Å². The van der Waals surface area contributed by atoms with Gasteiger partial charge in [-0.25, -0.2) is 0 Å². The number of hydrogen-bond donors (Lipinski definition) is 2. The monoisotopic (exact) mass is 566 g/mol. The number of hydrogen-bond acceptors (Lipinski definition) is 5. The van der Waals surface area contributed by atoms with E-state index in [4.69, 9.17) is 9.47 Å². The van der Waals surface area contributed by atoms with Crippen LogP contribution < -0.4 is 10.2 Å². The summed E-state index contributed by atoms with van der Waals surface area (Å²) in [6.07, 6.45) is 2.27. The fraction of sp³-hybridized carbons (Fsp3) is 0.480. The molecule has 0 atom stereocenters. The van der Waals surface area contributed by atoms with E-state index in [2.05, 4.69) is 44.4 Å². The van der Waals surface area contributed by atoms with E-state index in [0.717, 1.165) is 70.4 Å². The molecule has 0 bridgehead atoms. The molecule has 2 saturated heterocycles. The lowest BCUT2D eigenvalue weighted by atomic mass is 10.1. The van der Waals surface area contributed by atoms with Gasteiger partial charge in [0.1, 0.15) is 5.75 Å². The molecule has 0 aliphatic carbocycles. The summed E-state index contributed by atoms with van der Waals surface area (Å²) in [5.41, 5.74) is 3.31. The number of piperazine rings is 1. The number of aromatic hydroxyl groups is 1. The van der Waals surface area contributed by atoms with Gasteiger partial charge in [-0.15, -0.1) is 24.0 Å². The molecule has 2 aromatic rings. The van der Waals surface area contributed by atoms with E-state index < -0.39 is 0 Å².